The molecule has 0 bridgehead atoms. The van der Waals surface area contributed by atoms with E-state index in [9.17, 15) is 0 Å². The Kier molecular flexibility index (Phi) is 7.32. The second-order valence-electron chi connectivity index (χ2n) is 3.24. The summed E-state index contributed by atoms with van der Waals surface area (Å²) in [6.07, 6.45) is 1.76. The fraction of sp³-hybridized carbons (Fsp3) is 0.400. The summed E-state index contributed by atoms with van der Waals surface area (Å²) in [6, 6.07) is 5.35. The number of benzene rings is 1. The summed E-state index contributed by atoms with van der Waals surface area (Å²) in [5, 5.41) is 1.24. The molecule has 0 aliphatic rings. The molecule has 86 valence electrons. The second-order valence-corrected chi connectivity index (χ2v) is 4.11. The third-order valence-corrected chi connectivity index (χ3v) is 2.47. The van der Waals surface area contributed by atoms with Crippen molar-refractivity contribution in [2.75, 3.05) is 6.54 Å². The van der Waals surface area contributed by atoms with Gasteiger partial charge in [-0.05, 0) is 43.1 Å². The molecular weight excluding hydrogens is 254 g/mol. The zero-order chi connectivity index (χ0) is 10.6. The maximum atomic E-state index is 5.95. The summed E-state index contributed by atoms with van der Waals surface area (Å²) in [7, 11) is 0. The van der Waals surface area contributed by atoms with E-state index in [2.05, 4.69) is 0 Å². The molecule has 4 N–H and O–H groups in total. The summed E-state index contributed by atoms with van der Waals surface area (Å²) in [6.45, 7) is 0.655. The SMILES string of the molecule is Cl.NCCC[C@@H](N)c1cc(Cl)cc(Cl)c1. The first-order valence-corrected chi connectivity index (χ1v) is 5.30. The van der Waals surface area contributed by atoms with Gasteiger partial charge in [0.2, 0.25) is 0 Å². The Morgan fingerprint density at radius 3 is 2.13 bits per heavy atom. The standard InChI is InChI=1S/C10H14Cl2N2.ClH/c11-8-4-7(5-9(12)6-8)10(14)2-1-3-13;/h4-6,10H,1-3,13-14H2;1H/t10-;/m1./s1. The van der Waals surface area contributed by atoms with Crippen molar-refractivity contribution in [3.05, 3.63) is 33.8 Å². The zero-order valence-electron chi connectivity index (χ0n) is 8.25. The van der Waals surface area contributed by atoms with Gasteiger partial charge in [0.05, 0.1) is 0 Å². The highest BCUT2D eigenvalue weighted by molar-refractivity contribution is 6.34. The van der Waals surface area contributed by atoms with Gasteiger partial charge in [0.1, 0.15) is 0 Å². The van der Waals surface area contributed by atoms with Gasteiger partial charge in [-0.25, -0.2) is 0 Å². The van der Waals surface area contributed by atoms with Gasteiger partial charge in [-0.2, -0.15) is 0 Å². The highest BCUT2D eigenvalue weighted by atomic mass is 35.5. The number of halogens is 3. The summed E-state index contributed by atoms with van der Waals surface area (Å²) < 4.78 is 0. The minimum absolute atomic E-state index is 0. The molecule has 0 radical (unpaired) electrons. The van der Waals surface area contributed by atoms with Crippen LogP contribution < -0.4 is 11.5 Å². The molecule has 0 aromatic heterocycles. The van der Waals surface area contributed by atoms with E-state index in [1.807, 2.05) is 12.1 Å². The van der Waals surface area contributed by atoms with E-state index >= 15 is 0 Å². The quantitative estimate of drug-likeness (QED) is 0.882. The number of rotatable bonds is 4. The van der Waals surface area contributed by atoms with E-state index in [4.69, 9.17) is 34.7 Å². The summed E-state index contributed by atoms with van der Waals surface area (Å²) in [5.74, 6) is 0. The van der Waals surface area contributed by atoms with E-state index in [-0.39, 0.29) is 18.4 Å². The number of hydrogen-bond acceptors (Lipinski definition) is 2. The van der Waals surface area contributed by atoms with Crippen LogP contribution in [0, 0.1) is 0 Å². The van der Waals surface area contributed by atoms with E-state index in [0.717, 1.165) is 18.4 Å². The van der Waals surface area contributed by atoms with Crippen LogP contribution in [-0.4, -0.2) is 6.54 Å². The van der Waals surface area contributed by atoms with Crippen LogP contribution in [0.2, 0.25) is 10.0 Å². The number of nitrogens with two attached hydrogens (primary N) is 2. The van der Waals surface area contributed by atoms with Crippen LogP contribution in [0.1, 0.15) is 24.4 Å². The third kappa shape index (κ3) is 5.05. The average molecular weight is 270 g/mol. The lowest BCUT2D eigenvalue weighted by Gasteiger charge is -2.11. The Bertz CT molecular complexity index is 284. The monoisotopic (exact) mass is 268 g/mol. The maximum absolute atomic E-state index is 5.95. The van der Waals surface area contributed by atoms with Crippen LogP contribution in [-0.2, 0) is 0 Å². The molecule has 0 heterocycles. The van der Waals surface area contributed by atoms with Crippen molar-refractivity contribution >= 4 is 35.6 Å². The predicted octanol–water partition coefficient (Wildman–Crippen LogP) is 3.15. The molecule has 0 fully saturated rings. The van der Waals surface area contributed by atoms with E-state index < -0.39 is 0 Å². The zero-order valence-corrected chi connectivity index (χ0v) is 10.6. The largest absolute Gasteiger partial charge is 0.330 e. The molecule has 5 heteroatoms. The minimum Gasteiger partial charge on any atom is -0.330 e. The Morgan fingerprint density at radius 1 is 1.13 bits per heavy atom. The van der Waals surface area contributed by atoms with Gasteiger partial charge in [0, 0.05) is 16.1 Å². The predicted molar refractivity (Wildman–Crippen MR) is 68.9 cm³/mol. The lowest BCUT2D eigenvalue weighted by molar-refractivity contribution is 0.618. The summed E-state index contributed by atoms with van der Waals surface area (Å²) in [4.78, 5) is 0. The smallest absolute Gasteiger partial charge is 0.0424 e. The molecule has 1 aromatic carbocycles. The van der Waals surface area contributed by atoms with E-state index in [1.54, 1.807) is 6.07 Å². The Balaban J connectivity index is 0.00000196. The topological polar surface area (TPSA) is 52.0 Å². The van der Waals surface area contributed by atoms with Crippen molar-refractivity contribution in [1.82, 2.24) is 0 Å². The molecule has 0 amide bonds. The van der Waals surface area contributed by atoms with Crippen LogP contribution >= 0.6 is 35.6 Å². The van der Waals surface area contributed by atoms with Crippen molar-refractivity contribution in [3.63, 3.8) is 0 Å². The van der Waals surface area contributed by atoms with Crippen LogP contribution in [0.3, 0.4) is 0 Å². The van der Waals surface area contributed by atoms with Crippen LogP contribution in [0.25, 0.3) is 0 Å². The average Bonchev–Trinajstić information content (AvgIpc) is 2.12. The van der Waals surface area contributed by atoms with E-state index in [0.29, 0.717) is 16.6 Å². The molecule has 1 aromatic rings. The van der Waals surface area contributed by atoms with Gasteiger partial charge >= 0.3 is 0 Å². The minimum atomic E-state index is -0.0326. The van der Waals surface area contributed by atoms with Crippen LogP contribution in [0.5, 0.6) is 0 Å². The van der Waals surface area contributed by atoms with Crippen molar-refractivity contribution in [3.8, 4) is 0 Å². The van der Waals surface area contributed by atoms with Gasteiger partial charge in [-0.3, -0.25) is 0 Å². The molecule has 0 aliphatic heterocycles. The molecule has 0 spiro atoms. The Morgan fingerprint density at radius 2 is 1.67 bits per heavy atom. The molecular formula is C10H15Cl3N2. The Labute approximate surface area is 106 Å². The van der Waals surface area contributed by atoms with Crippen molar-refractivity contribution in [2.45, 2.75) is 18.9 Å². The highest BCUT2D eigenvalue weighted by Gasteiger charge is 2.07. The van der Waals surface area contributed by atoms with Crippen molar-refractivity contribution < 1.29 is 0 Å². The molecule has 15 heavy (non-hydrogen) atoms. The van der Waals surface area contributed by atoms with Gasteiger partial charge in [-0.15, -0.1) is 12.4 Å². The van der Waals surface area contributed by atoms with Crippen LogP contribution in [0.4, 0.5) is 0 Å². The lowest BCUT2D eigenvalue weighted by atomic mass is 10.0. The van der Waals surface area contributed by atoms with Crippen molar-refractivity contribution in [1.29, 1.82) is 0 Å². The van der Waals surface area contributed by atoms with Gasteiger partial charge in [-0.1, -0.05) is 23.2 Å². The highest BCUT2D eigenvalue weighted by Crippen LogP contribution is 2.24. The fourth-order valence-electron chi connectivity index (χ4n) is 1.29. The molecule has 0 aliphatic carbocycles. The summed E-state index contributed by atoms with van der Waals surface area (Å²) >= 11 is 11.7. The first kappa shape index (κ1) is 15.0. The lowest BCUT2D eigenvalue weighted by Crippen LogP contribution is -2.12. The molecule has 1 rings (SSSR count). The van der Waals surface area contributed by atoms with E-state index in [1.165, 1.54) is 0 Å². The van der Waals surface area contributed by atoms with Crippen LogP contribution in [0.15, 0.2) is 18.2 Å². The normalized spacial score (nSPS) is 12.0. The molecule has 1 atom stereocenters. The van der Waals surface area contributed by atoms with Gasteiger partial charge in [0.25, 0.3) is 0 Å². The fourth-order valence-corrected chi connectivity index (χ4v) is 1.84. The molecule has 2 nitrogen and oxygen atoms in total. The maximum Gasteiger partial charge on any atom is 0.0424 e. The first-order chi connectivity index (χ1) is 6.63. The second kappa shape index (κ2) is 7.31. The summed E-state index contributed by atoms with van der Waals surface area (Å²) in [5.41, 5.74) is 12.3. The first-order valence-electron chi connectivity index (χ1n) is 4.55. The molecule has 0 saturated heterocycles. The van der Waals surface area contributed by atoms with Gasteiger partial charge < -0.3 is 11.5 Å². The van der Waals surface area contributed by atoms with Crippen molar-refractivity contribution in [2.24, 2.45) is 11.5 Å². The Hall–Kier alpha value is 0.01000. The third-order valence-electron chi connectivity index (χ3n) is 2.03. The molecule has 0 unspecified atom stereocenters. The molecule has 0 saturated carbocycles. The number of hydrogen-bond donors (Lipinski definition) is 2. The van der Waals surface area contributed by atoms with Gasteiger partial charge in [0.15, 0.2) is 0 Å².